The second-order valence-corrected chi connectivity index (χ2v) is 14.4. The number of nitrogens with two attached hydrogens (primary N) is 2. The van der Waals surface area contributed by atoms with E-state index in [0.717, 1.165) is 6.42 Å². The molecule has 0 bridgehead atoms. The Morgan fingerprint density at radius 2 is 1.68 bits per heavy atom. The second kappa shape index (κ2) is 13.8. The highest BCUT2D eigenvalue weighted by Gasteiger charge is 2.53. The van der Waals surface area contributed by atoms with Crippen LogP contribution in [0.1, 0.15) is 19.3 Å². The maximum absolute atomic E-state index is 12.4. The summed E-state index contributed by atoms with van der Waals surface area (Å²) in [6, 6.07) is -0.920. The Balaban J connectivity index is 1.11. The van der Waals surface area contributed by atoms with Crippen molar-refractivity contribution in [1.82, 2.24) is 20.9 Å². The first-order valence-corrected chi connectivity index (χ1v) is 17.2. The van der Waals surface area contributed by atoms with E-state index in [1.54, 1.807) is 4.90 Å². The monoisotopic (exact) mass is 677 g/mol. The Morgan fingerprint density at radius 1 is 1.00 bits per heavy atom. The molecule has 44 heavy (non-hydrogen) atoms. The molecule has 5 saturated heterocycles. The predicted octanol–water partition coefficient (Wildman–Crippen LogP) is -7.59. The van der Waals surface area contributed by atoms with Crippen LogP contribution in [0.3, 0.4) is 0 Å². The lowest BCUT2D eigenvalue weighted by molar-refractivity contribution is -0.968. The number of aliphatic hydroxyl groups excluding tert-OH is 4. The van der Waals surface area contributed by atoms with Crippen molar-refractivity contribution in [3.63, 3.8) is 0 Å². The van der Waals surface area contributed by atoms with E-state index in [0.29, 0.717) is 31.0 Å². The number of fused-ring (bicyclic) bond motifs is 1. The lowest BCUT2D eigenvalue weighted by Crippen LogP contribution is -3.22. The van der Waals surface area contributed by atoms with Crippen LogP contribution in [0.4, 0.5) is 0 Å². The minimum atomic E-state index is -5.57. The summed E-state index contributed by atoms with van der Waals surface area (Å²) in [5.74, 6) is -0.605. The van der Waals surface area contributed by atoms with Crippen molar-refractivity contribution < 1.29 is 71.9 Å². The minimum absolute atomic E-state index is 0.236. The van der Waals surface area contributed by atoms with Gasteiger partial charge in [-0.05, 0) is 12.8 Å². The summed E-state index contributed by atoms with van der Waals surface area (Å²) in [6.07, 6.45) is -9.89. The number of nitrogens with zero attached hydrogens (tertiary/aromatic N) is 1. The van der Waals surface area contributed by atoms with Crippen molar-refractivity contribution in [1.29, 1.82) is 0 Å². The Morgan fingerprint density at radius 3 is 2.41 bits per heavy atom. The van der Waals surface area contributed by atoms with Gasteiger partial charge in [-0.15, -0.1) is 0 Å². The summed E-state index contributed by atoms with van der Waals surface area (Å²) < 4.78 is 49.7. The molecule has 5 fully saturated rings. The number of quaternary nitrogens is 1. The molecule has 13 N–H and O–H groups in total. The molecule has 0 aromatic heterocycles. The molecule has 5 rings (SSSR count). The third-order valence-electron chi connectivity index (χ3n) is 8.64. The smallest absolute Gasteiger partial charge is 0.478 e. The van der Waals surface area contributed by atoms with E-state index >= 15 is 0 Å². The summed E-state index contributed by atoms with van der Waals surface area (Å²) >= 11 is 0. The van der Waals surface area contributed by atoms with Crippen molar-refractivity contribution in [2.45, 2.75) is 92.8 Å². The fraction of sp³-hybridized carbons (Fsp3) is 0.952. The Bertz CT molecular complexity index is 1130. The number of phosphoric acid groups is 2. The van der Waals surface area contributed by atoms with Gasteiger partial charge in [-0.25, -0.2) is 13.8 Å². The number of hydrogen-bond donors (Lipinski definition) is 11. The minimum Gasteiger partial charge on any atom is -0.756 e. The first-order chi connectivity index (χ1) is 20.7. The van der Waals surface area contributed by atoms with Crippen molar-refractivity contribution in [2.24, 2.45) is 11.5 Å². The molecule has 5 aliphatic heterocycles. The molecule has 21 nitrogen and oxygen atoms in total. The van der Waals surface area contributed by atoms with Gasteiger partial charge in [0.15, 0.2) is 12.1 Å². The van der Waals surface area contributed by atoms with E-state index in [4.69, 9.17) is 25.5 Å². The number of hydrogen-bond acceptors (Lipinski definition) is 18. The molecule has 0 aromatic rings. The zero-order chi connectivity index (χ0) is 32.0. The van der Waals surface area contributed by atoms with Crippen LogP contribution < -0.4 is 37.2 Å². The van der Waals surface area contributed by atoms with Gasteiger partial charge in [0.1, 0.15) is 36.7 Å². The van der Waals surface area contributed by atoms with Crippen molar-refractivity contribution in [3.8, 4) is 0 Å². The quantitative estimate of drug-likeness (QED) is 0.0905. The van der Waals surface area contributed by atoms with Gasteiger partial charge in [0.25, 0.3) is 13.7 Å². The maximum Gasteiger partial charge on any atom is 0.478 e. The van der Waals surface area contributed by atoms with Gasteiger partial charge in [-0.1, -0.05) is 0 Å². The summed E-state index contributed by atoms with van der Waals surface area (Å²) in [7, 11) is -10.9. The molecule has 23 heteroatoms. The number of piperidine rings is 1. The third-order valence-corrected chi connectivity index (χ3v) is 11.2. The highest BCUT2D eigenvalue weighted by atomic mass is 31.3. The number of primary amides is 1. The topological polar surface area (TPSA) is 317 Å². The predicted molar refractivity (Wildman–Crippen MR) is 141 cm³/mol. The molecule has 0 aromatic carbocycles. The fourth-order valence-electron chi connectivity index (χ4n) is 6.39. The van der Waals surface area contributed by atoms with Crippen molar-refractivity contribution in [2.75, 3.05) is 33.1 Å². The average molecular weight is 678 g/mol. The maximum atomic E-state index is 12.4. The fourth-order valence-corrected chi connectivity index (χ4v) is 8.45. The van der Waals surface area contributed by atoms with Crippen LogP contribution in [0.5, 0.6) is 0 Å². The van der Waals surface area contributed by atoms with Crippen LogP contribution in [0.25, 0.3) is 0 Å². The Kier molecular flexibility index (Phi) is 10.8. The molecule has 0 aliphatic carbocycles. The second-order valence-electron chi connectivity index (χ2n) is 11.4. The van der Waals surface area contributed by atoms with E-state index < -0.39 is 96.1 Å². The molecule has 0 spiro atoms. The van der Waals surface area contributed by atoms with E-state index in [1.807, 2.05) is 0 Å². The van der Waals surface area contributed by atoms with E-state index in [2.05, 4.69) is 24.8 Å². The largest absolute Gasteiger partial charge is 0.756 e. The average Bonchev–Trinajstić information content (AvgIpc) is 3.61. The van der Waals surface area contributed by atoms with Gasteiger partial charge in [0, 0.05) is 13.1 Å². The number of amides is 1. The van der Waals surface area contributed by atoms with Crippen LogP contribution in [-0.4, -0.2) is 143 Å². The molecule has 254 valence electrons. The first kappa shape index (κ1) is 34.6. The number of aliphatic hydroxyl groups is 4. The zero-order valence-corrected chi connectivity index (χ0v) is 25.3. The Hall–Kier alpha value is -0.750. The normalized spacial score (nSPS) is 45.9. The number of phosphoric ester groups is 2. The molecule has 7 unspecified atom stereocenters. The number of rotatable bonds is 11. The SMILES string of the molecule is NC(=O)C1CCCC[NH+]1[C@@H]1O[C@H](COP(=O)([O-])OP(=O)(O)OC[C@H]2O[C@@H](N3CNC4C(N)NCNC43)[C@H](O)[C@@H]2O)[C@H](O)[C@@H]1O. The van der Waals surface area contributed by atoms with E-state index in [9.17, 15) is 44.1 Å². The van der Waals surface area contributed by atoms with Crippen molar-refractivity contribution >= 4 is 21.6 Å². The number of carbonyl (C=O) groups excluding carboxylic acids is 1. The molecule has 1 amide bonds. The summed E-state index contributed by atoms with van der Waals surface area (Å²) in [6.45, 7) is -0.714. The van der Waals surface area contributed by atoms with Gasteiger partial charge in [0.05, 0.1) is 44.8 Å². The van der Waals surface area contributed by atoms with E-state index in [1.165, 1.54) is 0 Å². The molecule has 5 aliphatic rings. The van der Waals surface area contributed by atoms with Gasteiger partial charge in [0.2, 0.25) is 6.23 Å². The zero-order valence-electron chi connectivity index (χ0n) is 23.5. The number of nitrogens with one attached hydrogen (secondary N) is 4. The molecule has 5 heterocycles. The van der Waals surface area contributed by atoms with Gasteiger partial charge >= 0.3 is 7.82 Å². The number of likely N-dealkylation sites (tertiary alicyclic amines) is 1. The number of carbonyl (C=O) groups is 1. The summed E-state index contributed by atoms with van der Waals surface area (Å²) in [5.41, 5.74) is 11.5. The van der Waals surface area contributed by atoms with Crippen LogP contribution in [0.15, 0.2) is 0 Å². The van der Waals surface area contributed by atoms with Crippen LogP contribution >= 0.6 is 15.6 Å². The molecular weight excluding hydrogens is 636 g/mol. The summed E-state index contributed by atoms with van der Waals surface area (Å²) in [4.78, 5) is 36.4. The molecule has 15 atom stereocenters. The van der Waals surface area contributed by atoms with Crippen LogP contribution in [-0.2, 0) is 36.8 Å². The summed E-state index contributed by atoms with van der Waals surface area (Å²) in [5, 5.41) is 51.3. The highest BCUT2D eigenvalue weighted by Crippen LogP contribution is 2.58. The van der Waals surface area contributed by atoms with Gasteiger partial charge < -0.3 is 55.7 Å². The standard InChI is InChI=1S/C21H41N7O14P2/c22-17-12-19(25-7-24-17)28(8-26-12)21-16(32)14(30)11(41-21)6-39-44(36,37)42-43(34,35)38-5-10-13(29)15(31)20(40-10)27-4-2-1-3-9(27)18(23)33/h9-17,19-21,24-26,29-32H,1-8,22H2,(H2,23,33)(H,34,35)(H,36,37)/t9?,10-,11-,12?,13+,14-,15+,16-,17?,19?,20-,21-/m1/s1. The van der Waals surface area contributed by atoms with E-state index in [-0.39, 0.29) is 18.9 Å². The van der Waals surface area contributed by atoms with Gasteiger partial charge in [-0.2, -0.15) is 0 Å². The Labute approximate surface area is 251 Å². The highest BCUT2D eigenvalue weighted by molar-refractivity contribution is 7.60. The molecule has 0 radical (unpaired) electrons. The third kappa shape index (κ3) is 7.37. The lowest BCUT2D eigenvalue weighted by atomic mass is 10.00. The molecule has 0 saturated carbocycles. The first-order valence-electron chi connectivity index (χ1n) is 14.2. The number of ether oxygens (including phenoxy) is 2. The molecular formula is C21H41N7O14P2. The van der Waals surface area contributed by atoms with Crippen LogP contribution in [0, 0.1) is 0 Å². The van der Waals surface area contributed by atoms with Gasteiger partial charge in [-0.3, -0.25) is 34.7 Å². The van der Waals surface area contributed by atoms with Crippen molar-refractivity contribution in [3.05, 3.63) is 0 Å². The van der Waals surface area contributed by atoms with Crippen LogP contribution in [0.2, 0.25) is 0 Å². The lowest BCUT2D eigenvalue weighted by Gasteiger charge is -2.38.